The van der Waals surface area contributed by atoms with Gasteiger partial charge in [-0.25, -0.2) is 0 Å². The minimum absolute atomic E-state index is 0.137. The van der Waals surface area contributed by atoms with Gasteiger partial charge in [0.25, 0.3) is 0 Å². The minimum Gasteiger partial charge on any atom is -0.485 e. The minimum atomic E-state index is -0.321. The maximum atomic E-state index is 12.9. The lowest BCUT2D eigenvalue weighted by Gasteiger charge is -2.57. The molecule has 0 aromatic heterocycles. The Bertz CT molecular complexity index is 956. The molecular formula is C24H25NO3. The van der Waals surface area contributed by atoms with Crippen molar-refractivity contribution in [2.24, 2.45) is 5.92 Å². The van der Waals surface area contributed by atoms with Crippen LogP contribution in [0.15, 0.2) is 42.5 Å². The zero-order valence-corrected chi connectivity index (χ0v) is 16.2. The van der Waals surface area contributed by atoms with Crippen molar-refractivity contribution in [3.05, 3.63) is 59.2 Å². The first-order valence-electron chi connectivity index (χ1n) is 10.4. The molecule has 2 aromatic carbocycles. The van der Waals surface area contributed by atoms with E-state index in [1.807, 2.05) is 24.3 Å². The summed E-state index contributed by atoms with van der Waals surface area (Å²) in [6.45, 7) is 1.54. The van der Waals surface area contributed by atoms with Crippen molar-refractivity contribution >= 4 is 5.78 Å². The molecule has 4 nitrogen and oxygen atoms in total. The second kappa shape index (κ2) is 5.84. The molecular weight excluding hydrogens is 350 g/mol. The first-order valence-corrected chi connectivity index (χ1v) is 10.4. The predicted molar refractivity (Wildman–Crippen MR) is 106 cm³/mol. The Labute approximate surface area is 165 Å². The number of ether oxygens (including phenoxy) is 2. The number of likely N-dealkylation sites (tertiary alicyclic amines) is 1. The zero-order chi connectivity index (χ0) is 18.9. The van der Waals surface area contributed by atoms with Gasteiger partial charge in [0.15, 0.2) is 23.4 Å². The van der Waals surface area contributed by atoms with Gasteiger partial charge in [0.2, 0.25) is 0 Å². The van der Waals surface area contributed by atoms with E-state index < -0.39 is 0 Å². The maximum Gasteiger partial charge on any atom is 0.174 e. The molecule has 28 heavy (non-hydrogen) atoms. The van der Waals surface area contributed by atoms with Crippen molar-refractivity contribution in [2.45, 2.75) is 49.9 Å². The standard InChI is InChI=1S/C24H25NO3/c1-25-12-11-24-17-8-9-19(26)23(24)28-22-20(27-14-15-5-3-2-4-6-15)10-7-16(21(22)24)13-18(17)25/h2-7,10,17-18,23H,8-9,11-14H2,1H3/t17-,18+,23-,24-/m0/s1. The van der Waals surface area contributed by atoms with Crippen molar-refractivity contribution in [3.8, 4) is 11.5 Å². The summed E-state index contributed by atoms with van der Waals surface area (Å²) < 4.78 is 12.7. The van der Waals surface area contributed by atoms with Gasteiger partial charge in [-0.15, -0.1) is 0 Å². The monoisotopic (exact) mass is 375 g/mol. The first-order chi connectivity index (χ1) is 13.7. The summed E-state index contributed by atoms with van der Waals surface area (Å²) in [6, 6.07) is 15.0. The van der Waals surface area contributed by atoms with Crippen molar-refractivity contribution in [1.82, 2.24) is 4.90 Å². The molecule has 1 saturated carbocycles. The molecule has 4 heteroatoms. The van der Waals surface area contributed by atoms with Gasteiger partial charge in [0, 0.05) is 23.4 Å². The van der Waals surface area contributed by atoms with Crippen molar-refractivity contribution in [3.63, 3.8) is 0 Å². The maximum absolute atomic E-state index is 12.9. The number of piperidine rings is 1. The van der Waals surface area contributed by atoms with E-state index in [0.29, 0.717) is 25.0 Å². The van der Waals surface area contributed by atoms with Gasteiger partial charge in [-0.1, -0.05) is 36.4 Å². The van der Waals surface area contributed by atoms with E-state index in [0.717, 1.165) is 42.9 Å². The summed E-state index contributed by atoms with van der Waals surface area (Å²) in [5.74, 6) is 2.42. The van der Waals surface area contributed by atoms with Crippen LogP contribution in [-0.4, -0.2) is 36.4 Å². The third-order valence-electron chi connectivity index (χ3n) is 7.61. The molecule has 0 unspecified atom stereocenters. The number of hydrogen-bond acceptors (Lipinski definition) is 4. The highest BCUT2D eigenvalue weighted by Crippen LogP contribution is 2.63. The molecule has 6 rings (SSSR count). The van der Waals surface area contributed by atoms with E-state index in [1.165, 1.54) is 11.1 Å². The van der Waals surface area contributed by atoms with E-state index in [2.05, 4.69) is 30.1 Å². The summed E-state index contributed by atoms with van der Waals surface area (Å²) in [7, 11) is 2.24. The lowest BCUT2D eigenvalue weighted by atomic mass is 9.52. The largest absolute Gasteiger partial charge is 0.485 e. The van der Waals surface area contributed by atoms with E-state index >= 15 is 0 Å². The number of nitrogens with zero attached hydrogens (tertiary/aromatic N) is 1. The van der Waals surface area contributed by atoms with E-state index in [1.54, 1.807) is 0 Å². The molecule has 0 amide bonds. The third-order valence-corrected chi connectivity index (χ3v) is 7.61. The van der Waals surface area contributed by atoms with Gasteiger partial charge < -0.3 is 14.4 Å². The van der Waals surface area contributed by atoms with Crippen LogP contribution in [0.2, 0.25) is 0 Å². The van der Waals surface area contributed by atoms with Crippen LogP contribution in [0.4, 0.5) is 0 Å². The number of ketones is 1. The van der Waals surface area contributed by atoms with E-state index in [-0.39, 0.29) is 17.3 Å². The molecule has 2 fully saturated rings. The average molecular weight is 375 g/mol. The van der Waals surface area contributed by atoms with Gasteiger partial charge in [-0.3, -0.25) is 4.79 Å². The number of benzene rings is 2. The van der Waals surface area contributed by atoms with Crippen LogP contribution in [0.5, 0.6) is 11.5 Å². The van der Waals surface area contributed by atoms with E-state index in [4.69, 9.17) is 9.47 Å². The second-order valence-corrected chi connectivity index (χ2v) is 8.85. The highest BCUT2D eigenvalue weighted by Gasteiger charge is 2.65. The number of rotatable bonds is 3. The SMILES string of the molecule is CN1CC[C@]23c4c5ccc(OCc6ccccc6)c4O[C@H]2C(=O)CC[C@H]3[C@H]1C5. The lowest BCUT2D eigenvalue weighted by molar-refractivity contribution is -0.138. The molecule has 0 radical (unpaired) electrons. The highest BCUT2D eigenvalue weighted by molar-refractivity contribution is 5.89. The molecule has 0 N–H and O–H groups in total. The van der Waals surface area contributed by atoms with Gasteiger partial charge in [0.1, 0.15) is 6.61 Å². The van der Waals surface area contributed by atoms with Crippen LogP contribution < -0.4 is 9.47 Å². The molecule has 1 spiro atoms. The molecule has 2 aliphatic carbocycles. The summed E-state index contributed by atoms with van der Waals surface area (Å²) in [4.78, 5) is 15.4. The van der Waals surface area contributed by atoms with Gasteiger partial charge >= 0.3 is 0 Å². The molecule has 2 aliphatic heterocycles. The second-order valence-electron chi connectivity index (χ2n) is 8.85. The van der Waals surface area contributed by atoms with Crippen LogP contribution in [0.1, 0.15) is 36.0 Å². The quantitative estimate of drug-likeness (QED) is 0.823. The first kappa shape index (κ1) is 16.6. The normalized spacial score (nSPS) is 32.6. The molecule has 2 aromatic rings. The molecule has 2 heterocycles. The Morgan fingerprint density at radius 2 is 2.07 bits per heavy atom. The fourth-order valence-electron chi connectivity index (χ4n) is 6.36. The van der Waals surface area contributed by atoms with Crippen LogP contribution in [0.25, 0.3) is 0 Å². The fourth-order valence-corrected chi connectivity index (χ4v) is 6.36. The van der Waals surface area contributed by atoms with Crippen LogP contribution >= 0.6 is 0 Å². The summed E-state index contributed by atoms with van der Waals surface area (Å²) in [6.07, 6.45) is 3.36. The summed E-state index contributed by atoms with van der Waals surface area (Å²) >= 11 is 0. The molecule has 144 valence electrons. The Hall–Kier alpha value is -2.33. The molecule has 4 atom stereocenters. The molecule has 2 bridgehead atoms. The number of Topliss-reactive ketones (excluding diaryl/α,β-unsaturated/α-hetero) is 1. The van der Waals surface area contributed by atoms with Gasteiger partial charge in [0.05, 0.1) is 0 Å². The number of carbonyl (C=O) groups excluding carboxylic acids is 1. The van der Waals surface area contributed by atoms with Crippen LogP contribution in [0.3, 0.4) is 0 Å². The predicted octanol–water partition coefficient (Wildman–Crippen LogP) is 3.50. The Balaban J connectivity index is 1.45. The Morgan fingerprint density at radius 3 is 2.93 bits per heavy atom. The highest BCUT2D eigenvalue weighted by atomic mass is 16.5. The van der Waals surface area contributed by atoms with Gasteiger partial charge in [-0.2, -0.15) is 0 Å². The average Bonchev–Trinajstić information content (AvgIpc) is 3.07. The van der Waals surface area contributed by atoms with Gasteiger partial charge in [-0.05, 0) is 56.0 Å². The van der Waals surface area contributed by atoms with Crippen LogP contribution in [-0.2, 0) is 23.2 Å². The molecule has 4 aliphatic rings. The summed E-state index contributed by atoms with van der Waals surface area (Å²) in [5.41, 5.74) is 3.65. The summed E-state index contributed by atoms with van der Waals surface area (Å²) in [5, 5.41) is 0. The van der Waals surface area contributed by atoms with Crippen LogP contribution in [0, 0.1) is 5.92 Å². The smallest absolute Gasteiger partial charge is 0.174 e. The topological polar surface area (TPSA) is 38.8 Å². The number of hydrogen-bond donors (Lipinski definition) is 0. The fraction of sp³-hybridized carbons (Fsp3) is 0.458. The Morgan fingerprint density at radius 1 is 1.21 bits per heavy atom. The van der Waals surface area contributed by atoms with Crippen molar-refractivity contribution < 1.29 is 14.3 Å². The molecule has 1 saturated heterocycles. The number of carbonyl (C=O) groups is 1. The van der Waals surface area contributed by atoms with Crippen molar-refractivity contribution in [1.29, 1.82) is 0 Å². The van der Waals surface area contributed by atoms with Crippen molar-refractivity contribution in [2.75, 3.05) is 13.6 Å². The zero-order valence-electron chi connectivity index (χ0n) is 16.2. The number of likely N-dealkylation sites (N-methyl/N-ethyl adjacent to an activating group) is 1. The third kappa shape index (κ3) is 2.07. The lowest BCUT2D eigenvalue weighted by Crippen LogP contribution is -2.65. The Kier molecular flexibility index (Phi) is 3.46. The van der Waals surface area contributed by atoms with E-state index in [9.17, 15) is 4.79 Å².